The van der Waals surface area contributed by atoms with E-state index in [4.69, 9.17) is 20.0 Å². The van der Waals surface area contributed by atoms with Crippen LogP contribution in [0.15, 0.2) is 46.2 Å². The van der Waals surface area contributed by atoms with Crippen LogP contribution < -0.4 is 9.47 Å². The number of carbonyl (C=O) groups excluding carboxylic acids is 1. The van der Waals surface area contributed by atoms with Crippen molar-refractivity contribution in [3.63, 3.8) is 0 Å². The fourth-order valence-corrected chi connectivity index (χ4v) is 4.66. The van der Waals surface area contributed by atoms with E-state index in [1.807, 2.05) is 0 Å². The number of carbonyl (C=O) groups is 1. The summed E-state index contributed by atoms with van der Waals surface area (Å²) in [6.07, 6.45) is 0. The normalized spacial score (nSPS) is 11.1. The van der Waals surface area contributed by atoms with E-state index >= 15 is 0 Å². The number of rotatable bonds is 8. The summed E-state index contributed by atoms with van der Waals surface area (Å²) in [7, 11) is -8.37. The van der Waals surface area contributed by atoms with Crippen molar-refractivity contribution in [3.05, 3.63) is 47.5 Å². The van der Waals surface area contributed by atoms with Gasteiger partial charge in [0, 0.05) is 11.1 Å². The van der Waals surface area contributed by atoms with Crippen LogP contribution in [0.5, 0.6) is 11.5 Å². The van der Waals surface area contributed by atoms with Crippen LogP contribution >= 0.6 is 0 Å². The number of ketones is 1. The van der Waals surface area contributed by atoms with Gasteiger partial charge in [-0.15, -0.1) is 8.67 Å². The maximum atomic E-state index is 12.9. The summed E-state index contributed by atoms with van der Waals surface area (Å²) in [6.45, 7) is 0. The molecule has 0 amide bonds. The summed E-state index contributed by atoms with van der Waals surface area (Å²) >= 11 is 0. The van der Waals surface area contributed by atoms with Crippen molar-refractivity contribution in [3.8, 4) is 11.5 Å². The van der Waals surface area contributed by atoms with Gasteiger partial charge in [0.05, 0.1) is 14.2 Å². The molecule has 0 aliphatic carbocycles. The minimum absolute atomic E-state index is 0. The quantitative estimate of drug-likeness (QED) is 0.225. The molecule has 0 bridgehead atoms. The van der Waals surface area contributed by atoms with E-state index in [2.05, 4.69) is 8.67 Å². The molecular formula is C15H16Na2O11S2. The molecule has 2 aromatic carbocycles. The third-order valence-corrected chi connectivity index (χ3v) is 5.89. The van der Waals surface area contributed by atoms with Gasteiger partial charge in [0.25, 0.3) is 0 Å². The number of benzene rings is 2. The number of ether oxygens (including phenoxy) is 2. The van der Waals surface area contributed by atoms with E-state index in [-0.39, 0.29) is 70.4 Å². The Balaban J connectivity index is 0.00000420. The molecule has 15 heteroatoms. The van der Waals surface area contributed by atoms with Crippen LogP contribution in [0.4, 0.5) is 0 Å². The summed E-state index contributed by atoms with van der Waals surface area (Å²) in [5.41, 5.74) is -0.758. The first kappa shape index (κ1) is 29.5. The molecule has 156 valence electrons. The van der Waals surface area contributed by atoms with Crippen LogP contribution in [0.3, 0.4) is 0 Å². The van der Waals surface area contributed by atoms with Gasteiger partial charge in [-0.05, 0) is 6.07 Å². The summed E-state index contributed by atoms with van der Waals surface area (Å²) in [4.78, 5) is 10.3. The van der Waals surface area contributed by atoms with E-state index in [1.165, 1.54) is 24.3 Å². The molecule has 0 aliphatic heterocycles. The van der Waals surface area contributed by atoms with Crippen LogP contribution in [0, 0.1) is 0 Å². The fourth-order valence-electron chi connectivity index (χ4n) is 2.41. The predicted octanol–water partition coefficient (Wildman–Crippen LogP) is -0.00560. The zero-order chi connectivity index (χ0) is 21.1. The molecule has 0 heterocycles. The van der Waals surface area contributed by atoms with Crippen molar-refractivity contribution in [2.75, 3.05) is 14.2 Å². The van der Waals surface area contributed by atoms with Crippen LogP contribution in [-0.2, 0) is 28.9 Å². The second-order valence-electron chi connectivity index (χ2n) is 5.07. The number of hydrogen-bond donors (Lipinski definition) is 2. The Hall–Kier alpha value is -0.550. The zero-order valence-corrected chi connectivity index (χ0v) is 16.0. The van der Waals surface area contributed by atoms with E-state index < -0.39 is 47.1 Å². The molecule has 0 fully saturated rings. The molecule has 30 heavy (non-hydrogen) atoms. The Bertz CT molecular complexity index is 1100. The second-order valence-corrected chi connectivity index (χ2v) is 8.00. The summed E-state index contributed by atoms with van der Waals surface area (Å²) < 4.78 is 65.7. The Morgan fingerprint density at radius 1 is 0.833 bits per heavy atom. The summed E-state index contributed by atoms with van der Waals surface area (Å²) in [5, 5.41) is 17.6. The van der Waals surface area contributed by atoms with Crippen molar-refractivity contribution in [2.45, 2.75) is 9.79 Å². The minimum atomic E-state index is -5.23. The molecule has 2 rings (SSSR count). The van der Waals surface area contributed by atoms with Gasteiger partial charge in [-0.3, -0.25) is 4.79 Å². The van der Waals surface area contributed by atoms with Gasteiger partial charge in [0.1, 0.15) is 4.90 Å². The van der Waals surface area contributed by atoms with Gasteiger partial charge < -0.3 is 9.47 Å². The number of hydrogen-bond acceptors (Lipinski definition) is 11. The Morgan fingerprint density at radius 2 is 1.33 bits per heavy atom. The predicted molar refractivity (Wildman–Crippen MR) is 106 cm³/mol. The molecule has 0 saturated heterocycles. The van der Waals surface area contributed by atoms with Crippen molar-refractivity contribution in [1.29, 1.82) is 0 Å². The Labute approximate surface area is 216 Å². The van der Waals surface area contributed by atoms with Gasteiger partial charge in [-0.25, -0.2) is 10.5 Å². The molecular weight excluding hydrogens is 466 g/mol. The fraction of sp³-hybridized carbons (Fsp3) is 0.133. The topological polar surface area (TPSA) is 163 Å². The molecule has 2 N–H and O–H groups in total. The monoisotopic (exact) mass is 482 g/mol. The summed E-state index contributed by atoms with van der Waals surface area (Å²) in [6, 6.07) is 8.13. The molecule has 0 aromatic heterocycles. The molecule has 11 nitrogen and oxygen atoms in total. The van der Waals surface area contributed by atoms with E-state index in [0.717, 1.165) is 20.3 Å². The Kier molecular flexibility index (Phi) is 11.7. The molecule has 0 saturated carbocycles. The molecule has 0 atom stereocenters. The van der Waals surface area contributed by atoms with E-state index in [0.29, 0.717) is 0 Å². The van der Waals surface area contributed by atoms with Crippen LogP contribution in [-0.4, -0.2) is 106 Å². The molecule has 0 radical (unpaired) electrons. The van der Waals surface area contributed by atoms with E-state index in [1.54, 1.807) is 6.07 Å². The standard InChI is InChI=1S/C15H14O11S2.2Na.2H/c1-23-11-8-10(12(16)9-6-4-3-5-7-9)14(27(19,20)25-17)15(13(11)24-2)28(21,22)26-18;;;;/h3-8,17-18H,1-2H3;;;;. The van der Waals surface area contributed by atoms with Crippen molar-refractivity contribution >= 4 is 85.1 Å². The van der Waals surface area contributed by atoms with Crippen molar-refractivity contribution in [1.82, 2.24) is 0 Å². The van der Waals surface area contributed by atoms with Gasteiger partial charge in [-0.2, -0.15) is 16.8 Å². The molecule has 0 spiro atoms. The SMILES string of the molecule is COc1cc(C(=O)c2ccccc2)c(S(=O)(=O)OO)c(S(=O)(=O)OO)c1OC.[NaH].[NaH]. The third kappa shape index (κ3) is 5.82. The average Bonchev–Trinajstić information content (AvgIpc) is 2.71. The van der Waals surface area contributed by atoms with Crippen molar-refractivity contribution in [2.24, 2.45) is 0 Å². The summed E-state index contributed by atoms with van der Waals surface area (Å²) in [5.74, 6) is -2.03. The molecule has 2 aromatic rings. The van der Waals surface area contributed by atoms with Gasteiger partial charge >= 0.3 is 79.4 Å². The molecule has 0 aliphatic rings. The first-order valence-corrected chi connectivity index (χ1v) is 10.0. The second kappa shape index (κ2) is 11.9. The first-order chi connectivity index (χ1) is 13.1. The van der Waals surface area contributed by atoms with Gasteiger partial charge in [0.15, 0.2) is 22.2 Å². The van der Waals surface area contributed by atoms with Gasteiger partial charge in [0.2, 0.25) is 0 Å². The van der Waals surface area contributed by atoms with Gasteiger partial charge in [-0.1, -0.05) is 30.3 Å². The van der Waals surface area contributed by atoms with Crippen LogP contribution in [0.25, 0.3) is 0 Å². The van der Waals surface area contributed by atoms with Crippen molar-refractivity contribution < 1.29 is 50.3 Å². The van der Waals surface area contributed by atoms with Crippen LogP contribution in [0.2, 0.25) is 0 Å². The zero-order valence-electron chi connectivity index (χ0n) is 14.3. The number of methoxy groups -OCH3 is 2. The maximum absolute atomic E-state index is 12.9. The average molecular weight is 482 g/mol. The molecule has 0 unspecified atom stereocenters. The third-order valence-electron chi connectivity index (χ3n) is 3.56. The Morgan fingerprint density at radius 3 is 1.77 bits per heavy atom. The van der Waals surface area contributed by atoms with Crippen LogP contribution in [0.1, 0.15) is 15.9 Å². The van der Waals surface area contributed by atoms with E-state index in [9.17, 15) is 21.6 Å². The first-order valence-electron chi connectivity index (χ1n) is 7.19.